The van der Waals surface area contributed by atoms with Gasteiger partial charge in [0.05, 0.1) is 33.9 Å². The third kappa shape index (κ3) is 3.07. The van der Waals surface area contributed by atoms with Gasteiger partial charge in [-0.1, -0.05) is 13.3 Å². The molecule has 0 aliphatic heterocycles. The molecule has 3 N–H and O–H groups in total. The van der Waals surface area contributed by atoms with Crippen LogP contribution < -0.4 is 4.72 Å². The topological polar surface area (TPSA) is 95.3 Å². The highest BCUT2D eigenvalue weighted by molar-refractivity contribution is 7.84. The molecule has 8 heteroatoms. The average molecular weight is 402 g/mol. The van der Waals surface area contributed by atoms with Crippen molar-refractivity contribution in [1.29, 1.82) is 0 Å². The van der Waals surface area contributed by atoms with Gasteiger partial charge in [0.1, 0.15) is 5.82 Å². The molecule has 0 spiro atoms. The Morgan fingerprint density at radius 1 is 1.36 bits per heavy atom. The smallest absolute Gasteiger partial charge is 0.154 e. The summed E-state index contributed by atoms with van der Waals surface area (Å²) in [6.45, 7) is 2.31. The maximum absolute atomic E-state index is 12.4. The van der Waals surface area contributed by atoms with Crippen molar-refractivity contribution in [2.24, 2.45) is 5.92 Å². The highest BCUT2D eigenvalue weighted by Gasteiger charge is 2.39. The Balaban J connectivity index is 1.55. The first-order chi connectivity index (χ1) is 13.7. The molecule has 2 saturated carbocycles. The number of imidazole rings is 1. The van der Waals surface area contributed by atoms with Crippen LogP contribution in [0.25, 0.3) is 16.7 Å². The zero-order valence-electron chi connectivity index (χ0n) is 16.1. The number of aromatic amines is 1. The number of nitrogens with one attached hydrogen (secondary N) is 2. The molecule has 0 bridgehead atoms. The maximum Gasteiger partial charge on any atom is 0.154 e. The van der Waals surface area contributed by atoms with Crippen LogP contribution in [0.15, 0.2) is 18.5 Å². The van der Waals surface area contributed by atoms with Crippen molar-refractivity contribution < 1.29 is 9.32 Å². The second-order valence-electron chi connectivity index (χ2n) is 8.14. The monoisotopic (exact) mass is 401 g/mol. The molecule has 0 aromatic carbocycles. The van der Waals surface area contributed by atoms with E-state index in [1.54, 1.807) is 0 Å². The number of aromatic nitrogens is 4. The van der Waals surface area contributed by atoms with Gasteiger partial charge < -0.3 is 10.1 Å². The molecule has 2 aliphatic carbocycles. The number of H-pyrrole nitrogens is 1. The maximum atomic E-state index is 12.4. The van der Waals surface area contributed by atoms with E-state index in [2.05, 4.69) is 26.0 Å². The summed E-state index contributed by atoms with van der Waals surface area (Å²) in [6.07, 6.45) is 9.51. The molecule has 0 radical (unpaired) electrons. The number of aliphatic hydroxyl groups excluding tert-OH is 1. The predicted octanol–water partition coefficient (Wildman–Crippen LogP) is 2.43. The number of hydrogen-bond donors (Lipinski definition) is 3. The van der Waals surface area contributed by atoms with E-state index in [-0.39, 0.29) is 12.6 Å². The molecule has 1 unspecified atom stereocenters. The largest absolute Gasteiger partial charge is 0.396 e. The molecule has 2 aliphatic rings. The van der Waals surface area contributed by atoms with Gasteiger partial charge in [-0.2, -0.15) is 0 Å². The van der Waals surface area contributed by atoms with Crippen LogP contribution in [-0.4, -0.2) is 46.6 Å². The van der Waals surface area contributed by atoms with Gasteiger partial charge >= 0.3 is 0 Å². The predicted molar refractivity (Wildman–Crippen MR) is 109 cm³/mol. The van der Waals surface area contributed by atoms with Crippen molar-refractivity contribution in [3.05, 3.63) is 30.0 Å². The van der Waals surface area contributed by atoms with E-state index in [1.165, 1.54) is 0 Å². The van der Waals surface area contributed by atoms with Gasteiger partial charge in [-0.3, -0.25) is 4.40 Å². The van der Waals surface area contributed by atoms with Crippen molar-refractivity contribution in [3.8, 4) is 0 Å². The van der Waals surface area contributed by atoms with Gasteiger partial charge in [-0.15, -0.1) is 0 Å². The van der Waals surface area contributed by atoms with Gasteiger partial charge in [0.15, 0.2) is 5.65 Å². The Kier molecular flexibility index (Phi) is 4.72. The quantitative estimate of drug-likeness (QED) is 0.567. The van der Waals surface area contributed by atoms with Crippen molar-refractivity contribution in [2.75, 3.05) is 6.61 Å². The van der Waals surface area contributed by atoms with E-state index >= 15 is 0 Å². The fraction of sp³-hybridized carbons (Fsp3) is 0.600. The van der Waals surface area contributed by atoms with E-state index in [1.807, 2.05) is 18.5 Å². The number of hydrogen-bond acceptors (Lipinski definition) is 4. The lowest BCUT2D eigenvalue weighted by molar-refractivity contribution is 0.298. The first kappa shape index (κ1) is 18.3. The third-order valence-electron chi connectivity index (χ3n) is 6.29. The highest BCUT2D eigenvalue weighted by Crippen LogP contribution is 2.42. The SMILES string of the molecule is CC[C@@H]1C[C@H](NS(=O)C2CC2)C[C@@H]1c1nc(CCO)c2cnc3[nH]ccc3n12. The second-order valence-corrected chi connectivity index (χ2v) is 9.64. The van der Waals surface area contributed by atoms with Gasteiger partial charge in [-0.05, 0) is 37.7 Å². The fourth-order valence-electron chi connectivity index (χ4n) is 4.72. The van der Waals surface area contributed by atoms with Crippen molar-refractivity contribution >= 4 is 27.7 Å². The number of nitrogens with zero attached hydrogens (tertiary/aromatic N) is 3. The van der Waals surface area contributed by atoms with Crippen LogP contribution in [0.1, 0.15) is 56.5 Å². The lowest BCUT2D eigenvalue weighted by atomic mass is 9.93. The molecule has 28 heavy (non-hydrogen) atoms. The van der Waals surface area contributed by atoms with Crippen LogP contribution in [0.4, 0.5) is 0 Å². The molecule has 150 valence electrons. The minimum absolute atomic E-state index is 0.0731. The van der Waals surface area contributed by atoms with Gasteiger partial charge in [0.2, 0.25) is 0 Å². The Morgan fingerprint density at radius 3 is 2.96 bits per heavy atom. The van der Waals surface area contributed by atoms with Crippen LogP contribution in [0, 0.1) is 5.92 Å². The summed E-state index contributed by atoms with van der Waals surface area (Å²) in [6, 6.07) is 2.31. The molecule has 2 fully saturated rings. The first-order valence-corrected chi connectivity index (χ1v) is 11.5. The van der Waals surface area contributed by atoms with E-state index in [9.17, 15) is 9.32 Å². The molecule has 5 rings (SSSR count). The van der Waals surface area contributed by atoms with E-state index < -0.39 is 11.0 Å². The normalized spacial score (nSPS) is 26.4. The van der Waals surface area contributed by atoms with E-state index in [0.717, 1.165) is 60.3 Å². The van der Waals surface area contributed by atoms with Crippen LogP contribution in [0.3, 0.4) is 0 Å². The lowest BCUT2D eigenvalue weighted by Crippen LogP contribution is -2.30. The van der Waals surface area contributed by atoms with E-state index in [0.29, 0.717) is 23.5 Å². The van der Waals surface area contributed by atoms with Crippen LogP contribution >= 0.6 is 0 Å². The lowest BCUT2D eigenvalue weighted by Gasteiger charge is -2.17. The molecule has 4 atom stereocenters. The zero-order chi connectivity index (χ0) is 19.3. The summed E-state index contributed by atoms with van der Waals surface area (Å²) in [5.41, 5.74) is 3.75. The van der Waals surface area contributed by atoms with Crippen LogP contribution in [0.5, 0.6) is 0 Å². The van der Waals surface area contributed by atoms with E-state index in [4.69, 9.17) is 4.98 Å². The number of aliphatic hydroxyl groups is 1. The zero-order valence-corrected chi connectivity index (χ0v) is 16.9. The average Bonchev–Trinajstić information content (AvgIpc) is 3.14. The Bertz CT molecular complexity index is 1020. The third-order valence-corrected chi connectivity index (χ3v) is 7.93. The number of fused-ring (bicyclic) bond motifs is 3. The Labute approximate surface area is 166 Å². The minimum Gasteiger partial charge on any atom is -0.396 e. The Morgan fingerprint density at radius 2 is 2.21 bits per heavy atom. The molecular weight excluding hydrogens is 374 g/mol. The first-order valence-electron chi connectivity index (χ1n) is 10.3. The van der Waals surface area contributed by atoms with Gasteiger partial charge in [-0.25, -0.2) is 18.9 Å². The highest BCUT2D eigenvalue weighted by atomic mass is 32.2. The fourth-order valence-corrected chi connectivity index (χ4v) is 5.99. The van der Waals surface area contributed by atoms with Crippen molar-refractivity contribution in [1.82, 2.24) is 24.1 Å². The molecule has 0 saturated heterocycles. The van der Waals surface area contributed by atoms with Gasteiger partial charge in [0, 0.05) is 36.4 Å². The molecular formula is C20H27N5O2S. The summed E-state index contributed by atoms with van der Waals surface area (Å²) in [5.74, 6) is 1.86. The summed E-state index contributed by atoms with van der Waals surface area (Å²) in [4.78, 5) is 12.7. The standard InChI is InChI=1S/C20H27N5O2S/c1-2-12-9-13(24-28(27)14-3-4-14)10-15(12)20-23-16(6-8-26)18-11-22-19-17(25(18)20)5-7-21-19/h5,7,11-15,21,24,26H,2-4,6,8-10H2,1H3/t12-,13+,15+,28?/m1/s1. The van der Waals surface area contributed by atoms with Crippen LogP contribution in [0.2, 0.25) is 0 Å². The summed E-state index contributed by atoms with van der Waals surface area (Å²) in [5, 5.41) is 9.86. The summed E-state index contributed by atoms with van der Waals surface area (Å²) < 4.78 is 18.0. The molecule has 3 heterocycles. The molecule has 3 aromatic heterocycles. The van der Waals surface area contributed by atoms with Gasteiger partial charge in [0.25, 0.3) is 0 Å². The van der Waals surface area contributed by atoms with Crippen molar-refractivity contribution in [3.63, 3.8) is 0 Å². The minimum atomic E-state index is -0.905. The molecule has 7 nitrogen and oxygen atoms in total. The molecule has 0 amide bonds. The Hall–Kier alpha value is -1.77. The molecule has 3 aromatic rings. The number of rotatable bonds is 7. The summed E-state index contributed by atoms with van der Waals surface area (Å²) >= 11 is 0. The van der Waals surface area contributed by atoms with Crippen LogP contribution in [-0.2, 0) is 17.4 Å². The van der Waals surface area contributed by atoms with Crippen molar-refractivity contribution in [2.45, 2.75) is 62.7 Å². The second kappa shape index (κ2) is 7.24. The summed E-state index contributed by atoms with van der Waals surface area (Å²) in [7, 11) is -0.905.